The van der Waals surface area contributed by atoms with Crippen molar-refractivity contribution in [2.75, 3.05) is 20.2 Å². The molecule has 3 aliphatic rings. The Hall–Kier alpha value is -1.85. The zero-order chi connectivity index (χ0) is 17.8. The van der Waals surface area contributed by atoms with Gasteiger partial charge in [0.25, 0.3) is 0 Å². The van der Waals surface area contributed by atoms with Crippen LogP contribution in [0, 0.1) is 17.8 Å². The molecule has 1 aromatic heterocycles. The lowest BCUT2D eigenvalue weighted by Gasteiger charge is -2.50. The van der Waals surface area contributed by atoms with E-state index in [0.717, 1.165) is 32.4 Å². The highest BCUT2D eigenvalue weighted by Crippen LogP contribution is 2.49. The molecular formula is C21H26N2O3. The van der Waals surface area contributed by atoms with Gasteiger partial charge in [0.05, 0.1) is 25.2 Å². The molecule has 2 aromatic rings. The molecule has 0 amide bonds. The van der Waals surface area contributed by atoms with Crippen molar-refractivity contribution in [2.24, 2.45) is 17.8 Å². The number of aliphatic hydroxyl groups is 1. The first kappa shape index (κ1) is 16.3. The van der Waals surface area contributed by atoms with Crippen LogP contribution in [0.15, 0.2) is 24.3 Å². The maximum absolute atomic E-state index is 12.4. The fourth-order valence-electron chi connectivity index (χ4n) is 5.80. The Bertz CT molecular complexity index is 845. The van der Waals surface area contributed by atoms with Gasteiger partial charge in [-0.25, -0.2) is 0 Å². The molecule has 1 aromatic carbocycles. The number of ether oxygens (including phenoxy) is 1. The molecule has 5 nitrogen and oxygen atoms in total. The number of aromatic nitrogens is 1. The van der Waals surface area contributed by atoms with Crippen molar-refractivity contribution in [1.82, 2.24) is 9.88 Å². The Morgan fingerprint density at radius 1 is 1.31 bits per heavy atom. The molecule has 4 unspecified atom stereocenters. The standard InChI is InChI=1S/C21H26N2O3/c1-26-21(25)19-15-10-17-20-14(13-4-2-3-5-16(13)22-20)8-9-23(17)11-12(15)6-7-18(19)24/h2-5,12,15,17-19,22,24H,6-11H2,1H3/t12?,15?,17?,18?,19-/m0/s1. The van der Waals surface area contributed by atoms with Gasteiger partial charge in [0.1, 0.15) is 0 Å². The van der Waals surface area contributed by atoms with Crippen LogP contribution in [0.25, 0.3) is 10.9 Å². The zero-order valence-corrected chi connectivity index (χ0v) is 15.1. The summed E-state index contributed by atoms with van der Waals surface area (Å²) in [5.41, 5.74) is 3.96. The van der Waals surface area contributed by atoms with Gasteiger partial charge in [-0.1, -0.05) is 18.2 Å². The Balaban J connectivity index is 1.52. The van der Waals surface area contributed by atoms with Gasteiger partial charge in [-0.2, -0.15) is 0 Å². The second-order valence-corrected chi connectivity index (χ2v) is 8.18. The van der Waals surface area contributed by atoms with Crippen LogP contribution in [0.5, 0.6) is 0 Å². The van der Waals surface area contributed by atoms with Crippen molar-refractivity contribution in [2.45, 2.75) is 37.8 Å². The molecule has 1 saturated heterocycles. The van der Waals surface area contributed by atoms with E-state index >= 15 is 0 Å². The van der Waals surface area contributed by atoms with E-state index in [9.17, 15) is 9.90 Å². The number of carbonyl (C=O) groups is 1. The summed E-state index contributed by atoms with van der Waals surface area (Å²) in [4.78, 5) is 18.6. The largest absolute Gasteiger partial charge is 0.469 e. The molecule has 2 N–H and O–H groups in total. The smallest absolute Gasteiger partial charge is 0.311 e. The molecule has 3 heterocycles. The lowest BCUT2D eigenvalue weighted by atomic mass is 9.65. The first-order chi connectivity index (χ1) is 12.7. The fraction of sp³-hybridized carbons (Fsp3) is 0.571. The number of rotatable bonds is 1. The van der Waals surface area contributed by atoms with Crippen LogP contribution >= 0.6 is 0 Å². The number of para-hydroxylation sites is 1. The van der Waals surface area contributed by atoms with Gasteiger partial charge < -0.3 is 14.8 Å². The van der Waals surface area contributed by atoms with Gasteiger partial charge in [0, 0.05) is 29.7 Å². The minimum atomic E-state index is -0.568. The van der Waals surface area contributed by atoms with E-state index in [0.29, 0.717) is 18.4 Å². The van der Waals surface area contributed by atoms with Crippen LogP contribution in [-0.2, 0) is 16.0 Å². The van der Waals surface area contributed by atoms with Gasteiger partial charge in [0.2, 0.25) is 0 Å². The molecule has 2 fully saturated rings. The van der Waals surface area contributed by atoms with Crippen LogP contribution in [0.1, 0.15) is 36.6 Å². The quantitative estimate of drug-likeness (QED) is 0.773. The minimum Gasteiger partial charge on any atom is -0.469 e. The predicted molar refractivity (Wildman–Crippen MR) is 98.7 cm³/mol. The maximum atomic E-state index is 12.4. The SMILES string of the molecule is COC(=O)[C@@H]1C(O)CCC2CN3CCc4c([nH]c5ccccc45)C3CC21. The molecule has 1 saturated carbocycles. The first-order valence-electron chi connectivity index (χ1n) is 9.76. The summed E-state index contributed by atoms with van der Waals surface area (Å²) in [5.74, 6) is 0.0541. The van der Waals surface area contributed by atoms with E-state index in [2.05, 4.69) is 34.1 Å². The third kappa shape index (κ3) is 2.33. The zero-order valence-electron chi connectivity index (χ0n) is 15.1. The number of carbonyl (C=O) groups excluding carboxylic acids is 1. The summed E-state index contributed by atoms with van der Waals surface area (Å²) in [7, 11) is 1.43. The number of H-pyrrole nitrogens is 1. The number of piperidine rings is 1. The van der Waals surface area contributed by atoms with Crippen molar-refractivity contribution in [3.8, 4) is 0 Å². The summed E-state index contributed by atoms with van der Waals surface area (Å²) < 4.78 is 5.04. The monoisotopic (exact) mass is 354 g/mol. The summed E-state index contributed by atoms with van der Waals surface area (Å²) in [6, 6.07) is 8.83. The topological polar surface area (TPSA) is 65.6 Å². The Morgan fingerprint density at radius 3 is 3.00 bits per heavy atom. The number of hydrogen-bond donors (Lipinski definition) is 2. The van der Waals surface area contributed by atoms with Gasteiger partial charge in [-0.3, -0.25) is 9.69 Å². The normalized spacial score (nSPS) is 34.0. The van der Waals surface area contributed by atoms with Crippen molar-refractivity contribution < 1.29 is 14.6 Å². The van der Waals surface area contributed by atoms with E-state index in [-0.39, 0.29) is 17.8 Å². The van der Waals surface area contributed by atoms with Crippen molar-refractivity contribution in [1.29, 1.82) is 0 Å². The molecule has 0 spiro atoms. The van der Waals surface area contributed by atoms with Crippen LogP contribution in [-0.4, -0.2) is 47.3 Å². The predicted octanol–water partition coefficient (Wildman–Crippen LogP) is 2.65. The molecule has 26 heavy (non-hydrogen) atoms. The fourth-order valence-corrected chi connectivity index (χ4v) is 5.80. The number of nitrogens with zero attached hydrogens (tertiary/aromatic N) is 1. The lowest BCUT2D eigenvalue weighted by Crippen LogP contribution is -2.53. The molecular weight excluding hydrogens is 328 g/mol. The van der Waals surface area contributed by atoms with Gasteiger partial charge in [0.15, 0.2) is 0 Å². The van der Waals surface area contributed by atoms with Crippen molar-refractivity contribution in [3.05, 3.63) is 35.5 Å². The highest BCUT2D eigenvalue weighted by molar-refractivity contribution is 5.85. The number of hydrogen-bond acceptors (Lipinski definition) is 4. The molecule has 5 heteroatoms. The molecule has 2 aliphatic heterocycles. The Morgan fingerprint density at radius 2 is 2.15 bits per heavy atom. The summed E-state index contributed by atoms with van der Waals surface area (Å²) in [6.45, 7) is 2.10. The third-order valence-corrected chi connectivity index (χ3v) is 7.02. The first-order valence-corrected chi connectivity index (χ1v) is 9.76. The van der Waals surface area contributed by atoms with Crippen LogP contribution in [0.2, 0.25) is 0 Å². The molecule has 138 valence electrons. The second kappa shape index (κ2) is 6.10. The number of fused-ring (bicyclic) bond motifs is 6. The second-order valence-electron chi connectivity index (χ2n) is 8.18. The van der Waals surface area contributed by atoms with Crippen molar-refractivity contribution >= 4 is 16.9 Å². The summed E-state index contributed by atoms with van der Waals surface area (Å²) in [6.07, 6.45) is 3.14. The van der Waals surface area contributed by atoms with E-state index in [1.807, 2.05) is 0 Å². The highest BCUT2D eigenvalue weighted by atomic mass is 16.5. The third-order valence-electron chi connectivity index (χ3n) is 7.02. The maximum Gasteiger partial charge on any atom is 0.311 e. The van der Waals surface area contributed by atoms with Gasteiger partial charge in [-0.15, -0.1) is 0 Å². The Labute approximate surface area is 153 Å². The molecule has 0 radical (unpaired) electrons. The molecule has 0 bridgehead atoms. The van der Waals surface area contributed by atoms with Crippen molar-refractivity contribution in [3.63, 3.8) is 0 Å². The number of esters is 1. The molecule has 5 rings (SSSR count). The number of aromatic amines is 1. The summed E-state index contributed by atoms with van der Waals surface area (Å²) in [5, 5.41) is 11.8. The Kier molecular flexibility index (Phi) is 3.83. The lowest BCUT2D eigenvalue weighted by molar-refractivity contribution is -0.160. The van der Waals surface area contributed by atoms with E-state index in [1.165, 1.54) is 29.3 Å². The minimum absolute atomic E-state index is 0.199. The van der Waals surface area contributed by atoms with Crippen LogP contribution < -0.4 is 0 Å². The van der Waals surface area contributed by atoms with E-state index < -0.39 is 6.10 Å². The van der Waals surface area contributed by atoms with E-state index in [1.54, 1.807) is 0 Å². The highest BCUT2D eigenvalue weighted by Gasteiger charge is 2.49. The average Bonchev–Trinajstić information content (AvgIpc) is 3.05. The number of methoxy groups -OCH3 is 1. The number of aliphatic hydroxyl groups excluding tert-OH is 1. The number of benzene rings is 1. The molecule has 1 aliphatic carbocycles. The van der Waals surface area contributed by atoms with Gasteiger partial charge in [-0.05, 0) is 49.1 Å². The van der Waals surface area contributed by atoms with Crippen LogP contribution in [0.4, 0.5) is 0 Å². The average molecular weight is 354 g/mol. The number of nitrogens with one attached hydrogen (secondary N) is 1. The van der Waals surface area contributed by atoms with Crippen LogP contribution in [0.3, 0.4) is 0 Å². The van der Waals surface area contributed by atoms with E-state index in [4.69, 9.17) is 4.74 Å². The molecule has 5 atom stereocenters. The summed E-state index contributed by atoms with van der Waals surface area (Å²) >= 11 is 0. The van der Waals surface area contributed by atoms with Gasteiger partial charge >= 0.3 is 5.97 Å².